The molecule has 2 N–H and O–H groups in total. The molecule has 4 heteroatoms. The molecule has 0 aliphatic carbocycles. The second-order valence-corrected chi connectivity index (χ2v) is 2.60. The number of aliphatic hydroxyl groups is 1. The van der Waals surface area contributed by atoms with Gasteiger partial charge in [-0.15, -0.1) is 0 Å². The van der Waals surface area contributed by atoms with Gasteiger partial charge in [-0.2, -0.15) is 0 Å². The fourth-order valence-electron chi connectivity index (χ4n) is 0.648. The van der Waals surface area contributed by atoms with Crippen LogP contribution < -0.4 is 0 Å². The molecule has 0 aromatic heterocycles. The van der Waals surface area contributed by atoms with E-state index in [1.165, 1.54) is 6.92 Å². The molecule has 0 unspecified atom stereocenters. The second-order valence-electron chi connectivity index (χ2n) is 2.60. The summed E-state index contributed by atoms with van der Waals surface area (Å²) < 4.78 is 0. The van der Waals surface area contributed by atoms with Crippen molar-refractivity contribution < 1.29 is 15.0 Å². The molecule has 0 radical (unpaired) electrons. The minimum absolute atomic E-state index is 0.651. The fraction of sp³-hybridized carbons (Fsp3) is 0.714. The highest BCUT2D eigenvalue weighted by atomic mass is 16.4. The predicted octanol–water partition coefficient (Wildman–Crippen LogP) is 0.301. The first kappa shape index (κ1) is 10.1. The van der Waals surface area contributed by atoms with Gasteiger partial charge in [0, 0.05) is 5.71 Å². The van der Waals surface area contributed by atoms with Crippen LogP contribution in [0.5, 0.6) is 0 Å². The van der Waals surface area contributed by atoms with Crippen molar-refractivity contribution in [2.24, 2.45) is 4.99 Å². The molecule has 0 heterocycles. The molecule has 64 valence electrons. The average molecular weight is 159 g/mol. The number of carboxylic acids is 1. The van der Waals surface area contributed by atoms with Gasteiger partial charge in [-0.3, -0.25) is 4.99 Å². The minimum Gasteiger partial charge on any atom is -0.480 e. The van der Waals surface area contributed by atoms with Gasteiger partial charge in [-0.1, -0.05) is 0 Å². The lowest BCUT2D eigenvalue weighted by Crippen LogP contribution is -2.30. The second kappa shape index (κ2) is 4.08. The molecule has 0 fully saturated rings. The number of hydrogen-bond donors (Lipinski definition) is 2. The van der Waals surface area contributed by atoms with E-state index in [2.05, 4.69) is 4.99 Å². The maximum Gasteiger partial charge on any atom is 0.331 e. The number of aliphatic imine (C=N–C) groups is 1. The summed E-state index contributed by atoms with van der Waals surface area (Å²) in [5, 5.41) is 17.5. The number of carboxylic acid groups (broad SMARTS) is 1. The third-order valence-electron chi connectivity index (χ3n) is 1.11. The molecule has 0 aromatic carbocycles. The molecule has 0 aliphatic rings. The van der Waals surface area contributed by atoms with Crippen LogP contribution in [0.15, 0.2) is 4.99 Å². The van der Waals surface area contributed by atoms with Crippen molar-refractivity contribution >= 4 is 11.7 Å². The van der Waals surface area contributed by atoms with Crippen LogP contribution in [-0.2, 0) is 4.79 Å². The number of hydrogen-bond acceptors (Lipinski definition) is 3. The van der Waals surface area contributed by atoms with E-state index in [0.29, 0.717) is 5.71 Å². The summed E-state index contributed by atoms with van der Waals surface area (Å²) in [7, 11) is 0. The van der Waals surface area contributed by atoms with Crippen molar-refractivity contribution in [2.45, 2.75) is 32.9 Å². The van der Waals surface area contributed by atoms with Crippen molar-refractivity contribution in [3.8, 4) is 0 Å². The van der Waals surface area contributed by atoms with Gasteiger partial charge >= 0.3 is 5.97 Å². The standard InChI is InChI=1S/C7H13NO3/c1-4(2)8-6(5(3)9)7(10)11/h5-6,9H,1-3H3,(H,10,11)/t5-,6+/m1/s1. The van der Waals surface area contributed by atoms with Gasteiger partial charge in [0.2, 0.25) is 0 Å². The first-order valence-electron chi connectivity index (χ1n) is 3.37. The molecule has 0 saturated heterocycles. The van der Waals surface area contributed by atoms with Gasteiger partial charge in [0.15, 0.2) is 6.04 Å². The van der Waals surface area contributed by atoms with E-state index < -0.39 is 18.1 Å². The number of aliphatic carboxylic acids is 1. The Morgan fingerprint density at radius 3 is 2.00 bits per heavy atom. The van der Waals surface area contributed by atoms with Crippen LogP contribution in [0, 0.1) is 0 Å². The Hall–Kier alpha value is -0.900. The highest BCUT2D eigenvalue weighted by Gasteiger charge is 2.21. The molecule has 0 spiro atoms. The van der Waals surface area contributed by atoms with Crippen LogP contribution in [-0.4, -0.2) is 34.0 Å². The average Bonchev–Trinajstić information content (AvgIpc) is 1.81. The van der Waals surface area contributed by atoms with Crippen molar-refractivity contribution in [2.75, 3.05) is 0 Å². The summed E-state index contributed by atoms with van der Waals surface area (Å²) in [5.41, 5.74) is 0.651. The Kier molecular flexibility index (Phi) is 3.74. The van der Waals surface area contributed by atoms with Crippen LogP contribution in [0.1, 0.15) is 20.8 Å². The van der Waals surface area contributed by atoms with Crippen molar-refractivity contribution in [3.63, 3.8) is 0 Å². The van der Waals surface area contributed by atoms with E-state index in [1.54, 1.807) is 13.8 Å². The summed E-state index contributed by atoms with van der Waals surface area (Å²) in [6.45, 7) is 4.79. The third-order valence-corrected chi connectivity index (χ3v) is 1.11. The molecule has 0 aliphatic heterocycles. The zero-order valence-corrected chi connectivity index (χ0v) is 6.90. The highest BCUT2D eigenvalue weighted by Crippen LogP contribution is 1.99. The van der Waals surface area contributed by atoms with Crippen LogP contribution in [0.25, 0.3) is 0 Å². The Balaban J connectivity index is 4.36. The number of nitrogens with zero attached hydrogens (tertiary/aromatic N) is 1. The fourth-order valence-corrected chi connectivity index (χ4v) is 0.648. The van der Waals surface area contributed by atoms with Gasteiger partial charge in [-0.05, 0) is 20.8 Å². The van der Waals surface area contributed by atoms with E-state index in [-0.39, 0.29) is 0 Å². The summed E-state index contributed by atoms with van der Waals surface area (Å²) in [6.07, 6.45) is -0.942. The Labute approximate surface area is 65.6 Å². The Morgan fingerprint density at radius 2 is 1.91 bits per heavy atom. The van der Waals surface area contributed by atoms with E-state index in [4.69, 9.17) is 10.2 Å². The molecule has 0 amide bonds. The van der Waals surface area contributed by atoms with Gasteiger partial charge < -0.3 is 10.2 Å². The Bertz CT molecular complexity index is 171. The van der Waals surface area contributed by atoms with E-state index >= 15 is 0 Å². The zero-order valence-electron chi connectivity index (χ0n) is 6.90. The number of rotatable bonds is 3. The maximum atomic E-state index is 10.4. The summed E-state index contributed by atoms with van der Waals surface area (Å²) in [5.74, 6) is -1.10. The van der Waals surface area contributed by atoms with Gasteiger partial charge in [0.25, 0.3) is 0 Å². The number of carbonyl (C=O) groups is 1. The van der Waals surface area contributed by atoms with Gasteiger partial charge in [0.05, 0.1) is 6.10 Å². The monoisotopic (exact) mass is 159 g/mol. The maximum absolute atomic E-state index is 10.4. The molecular formula is C7H13NO3. The summed E-state index contributed by atoms with van der Waals surface area (Å²) in [4.78, 5) is 14.2. The zero-order chi connectivity index (χ0) is 9.02. The van der Waals surface area contributed by atoms with E-state index in [0.717, 1.165) is 0 Å². The van der Waals surface area contributed by atoms with E-state index in [9.17, 15) is 4.79 Å². The lowest BCUT2D eigenvalue weighted by Gasteiger charge is -2.10. The molecule has 0 aromatic rings. The smallest absolute Gasteiger partial charge is 0.331 e. The molecule has 11 heavy (non-hydrogen) atoms. The molecule has 0 saturated carbocycles. The summed E-state index contributed by atoms with van der Waals surface area (Å²) >= 11 is 0. The van der Waals surface area contributed by atoms with E-state index in [1.807, 2.05) is 0 Å². The molecular weight excluding hydrogens is 146 g/mol. The quantitative estimate of drug-likeness (QED) is 0.582. The largest absolute Gasteiger partial charge is 0.480 e. The first-order valence-corrected chi connectivity index (χ1v) is 3.37. The molecule has 4 nitrogen and oxygen atoms in total. The van der Waals surface area contributed by atoms with Crippen LogP contribution in [0.2, 0.25) is 0 Å². The SMILES string of the molecule is CC(C)=N[C@H](C(=O)O)[C@@H](C)O. The lowest BCUT2D eigenvalue weighted by atomic mass is 10.2. The van der Waals surface area contributed by atoms with Crippen molar-refractivity contribution in [1.82, 2.24) is 0 Å². The minimum atomic E-state index is -1.10. The number of aliphatic hydroxyl groups excluding tert-OH is 1. The normalized spacial score (nSPS) is 15.3. The van der Waals surface area contributed by atoms with Crippen LogP contribution in [0.4, 0.5) is 0 Å². The van der Waals surface area contributed by atoms with Crippen molar-refractivity contribution in [1.29, 1.82) is 0 Å². The predicted molar refractivity (Wildman–Crippen MR) is 41.9 cm³/mol. The van der Waals surface area contributed by atoms with Crippen LogP contribution in [0.3, 0.4) is 0 Å². The molecule has 0 rings (SSSR count). The third kappa shape index (κ3) is 3.72. The van der Waals surface area contributed by atoms with Crippen LogP contribution >= 0.6 is 0 Å². The summed E-state index contributed by atoms with van der Waals surface area (Å²) in [6, 6.07) is -1.03. The topological polar surface area (TPSA) is 69.9 Å². The first-order chi connectivity index (χ1) is 4.95. The Morgan fingerprint density at radius 1 is 1.45 bits per heavy atom. The molecule has 2 atom stereocenters. The molecule has 0 bridgehead atoms. The van der Waals surface area contributed by atoms with Gasteiger partial charge in [0.1, 0.15) is 0 Å². The lowest BCUT2D eigenvalue weighted by molar-refractivity contribution is -0.140. The highest BCUT2D eigenvalue weighted by molar-refractivity contribution is 5.83. The van der Waals surface area contributed by atoms with Gasteiger partial charge in [-0.25, -0.2) is 4.79 Å². The van der Waals surface area contributed by atoms with Crippen molar-refractivity contribution in [3.05, 3.63) is 0 Å².